The molecule has 1 aromatic carbocycles. The Labute approximate surface area is 210 Å². The van der Waals surface area contributed by atoms with Crippen molar-refractivity contribution in [3.8, 4) is 0 Å². The van der Waals surface area contributed by atoms with E-state index in [-0.39, 0.29) is 18.9 Å². The molecule has 1 fully saturated rings. The molecule has 1 aliphatic heterocycles. The molecule has 1 aromatic heterocycles. The highest BCUT2D eigenvalue weighted by Crippen LogP contribution is 2.19. The predicted octanol–water partition coefficient (Wildman–Crippen LogP) is 2.64. The highest BCUT2D eigenvalue weighted by molar-refractivity contribution is 6.30. The SMILES string of the molecule is CC(C)(C)OC(=O)N[C@@H](Cc1ccccn1)C(=O)NCC(=O)N1CCN(c2ccc(Cl)cc2)CC1. The van der Waals surface area contributed by atoms with Gasteiger partial charge in [-0.3, -0.25) is 14.6 Å². The van der Waals surface area contributed by atoms with Crippen LogP contribution in [0.4, 0.5) is 10.5 Å². The van der Waals surface area contributed by atoms with Crippen molar-refractivity contribution in [3.05, 3.63) is 59.4 Å². The Balaban J connectivity index is 1.53. The number of rotatable bonds is 7. The van der Waals surface area contributed by atoms with Crippen LogP contribution in [0.5, 0.6) is 0 Å². The molecule has 0 radical (unpaired) electrons. The molecule has 2 N–H and O–H groups in total. The lowest BCUT2D eigenvalue weighted by molar-refractivity contribution is -0.133. The Morgan fingerprint density at radius 2 is 1.74 bits per heavy atom. The zero-order valence-corrected chi connectivity index (χ0v) is 21.0. The van der Waals surface area contributed by atoms with Crippen LogP contribution < -0.4 is 15.5 Å². The van der Waals surface area contributed by atoms with E-state index in [9.17, 15) is 14.4 Å². The first-order valence-corrected chi connectivity index (χ1v) is 11.9. The number of carbonyl (C=O) groups is 3. The number of carbonyl (C=O) groups excluding carboxylic acids is 3. The zero-order valence-electron chi connectivity index (χ0n) is 20.3. The molecule has 0 spiro atoms. The molecule has 1 atom stereocenters. The van der Waals surface area contributed by atoms with E-state index >= 15 is 0 Å². The van der Waals surface area contributed by atoms with Crippen molar-refractivity contribution in [2.24, 2.45) is 0 Å². The van der Waals surface area contributed by atoms with E-state index in [1.54, 1.807) is 50.1 Å². The molecular weight excluding hydrogens is 470 g/mol. The molecule has 10 heteroatoms. The predicted molar refractivity (Wildman–Crippen MR) is 134 cm³/mol. The Kier molecular flexibility index (Phi) is 8.92. The lowest BCUT2D eigenvalue weighted by Crippen LogP contribution is -2.54. The third-order valence-corrected chi connectivity index (χ3v) is 5.64. The number of ether oxygens (including phenoxy) is 1. The van der Waals surface area contributed by atoms with Gasteiger partial charge in [-0.25, -0.2) is 4.79 Å². The molecule has 1 saturated heterocycles. The molecule has 9 nitrogen and oxygen atoms in total. The minimum Gasteiger partial charge on any atom is -0.444 e. The van der Waals surface area contributed by atoms with Gasteiger partial charge in [0.15, 0.2) is 0 Å². The van der Waals surface area contributed by atoms with Crippen LogP contribution in [0.3, 0.4) is 0 Å². The van der Waals surface area contributed by atoms with Gasteiger partial charge in [0.05, 0.1) is 6.54 Å². The summed E-state index contributed by atoms with van der Waals surface area (Å²) in [6.45, 7) is 7.53. The maximum Gasteiger partial charge on any atom is 0.408 e. The molecule has 0 aliphatic carbocycles. The highest BCUT2D eigenvalue weighted by atomic mass is 35.5. The maximum absolute atomic E-state index is 12.9. The van der Waals surface area contributed by atoms with Crippen LogP contribution in [0.1, 0.15) is 26.5 Å². The van der Waals surface area contributed by atoms with Gasteiger partial charge in [0.2, 0.25) is 11.8 Å². The smallest absolute Gasteiger partial charge is 0.408 e. The van der Waals surface area contributed by atoms with E-state index in [0.29, 0.717) is 36.9 Å². The van der Waals surface area contributed by atoms with E-state index in [1.807, 2.05) is 24.3 Å². The largest absolute Gasteiger partial charge is 0.444 e. The van der Waals surface area contributed by atoms with Crippen LogP contribution in [0.2, 0.25) is 5.02 Å². The van der Waals surface area contributed by atoms with Crippen molar-refractivity contribution in [3.63, 3.8) is 0 Å². The van der Waals surface area contributed by atoms with E-state index in [0.717, 1.165) is 5.69 Å². The van der Waals surface area contributed by atoms with Crippen molar-refractivity contribution in [1.82, 2.24) is 20.5 Å². The second-order valence-corrected chi connectivity index (χ2v) is 9.72. The van der Waals surface area contributed by atoms with Crippen LogP contribution in [-0.4, -0.2) is 72.2 Å². The Morgan fingerprint density at radius 1 is 1.06 bits per heavy atom. The van der Waals surface area contributed by atoms with Crippen LogP contribution in [0.25, 0.3) is 0 Å². The van der Waals surface area contributed by atoms with Gasteiger partial charge in [-0.15, -0.1) is 0 Å². The third kappa shape index (κ3) is 8.43. The van der Waals surface area contributed by atoms with Crippen molar-refractivity contribution in [1.29, 1.82) is 0 Å². The van der Waals surface area contributed by atoms with Gasteiger partial charge < -0.3 is 25.2 Å². The lowest BCUT2D eigenvalue weighted by atomic mass is 10.1. The van der Waals surface area contributed by atoms with Gasteiger partial charge in [-0.05, 0) is 57.2 Å². The fourth-order valence-electron chi connectivity index (χ4n) is 3.65. The second-order valence-electron chi connectivity index (χ2n) is 9.29. The third-order valence-electron chi connectivity index (χ3n) is 5.38. The van der Waals surface area contributed by atoms with Gasteiger partial charge in [0, 0.05) is 55.2 Å². The summed E-state index contributed by atoms with van der Waals surface area (Å²) in [5.41, 5.74) is 0.981. The number of nitrogens with zero attached hydrogens (tertiary/aromatic N) is 3. The minimum absolute atomic E-state index is 0.158. The van der Waals surface area contributed by atoms with Crippen molar-refractivity contribution >= 4 is 35.2 Å². The molecule has 0 bridgehead atoms. The van der Waals surface area contributed by atoms with Crippen molar-refractivity contribution in [2.75, 3.05) is 37.6 Å². The summed E-state index contributed by atoms with van der Waals surface area (Å²) in [7, 11) is 0. The summed E-state index contributed by atoms with van der Waals surface area (Å²) in [6.07, 6.45) is 1.07. The highest BCUT2D eigenvalue weighted by Gasteiger charge is 2.27. The number of hydrogen-bond acceptors (Lipinski definition) is 6. The summed E-state index contributed by atoms with van der Waals surface area (Å²) < 4.78 is 5.29. The fourth-order valence-corrected chi connectivity index (χ4v) is 3.78. The van der Waals surface area contributed by atoms with Crippen LogP contribution in [0, 0.1) is 0 Å². The monoisotopic (exact) mass is 501 g/mol. The standard InChI is InChI=1S/C25H32ClN5O4/c1-25(2,3)35-24(34)29-21(16-19-6-4-5-11-27-19)23(33)28-17-22(32)31-14-12-30(13-15-31)20-9-7-18(26)8-10-20/h4-11,21H,12-17H2,1-3H3,(H,28,33)(H,29,34)/t21-/m0/s1. The summed E-state index contributed by atoms with van der Waals surface area (Å²) in [5.74, 6) is -0.655. The van der Waals surface area contributed by atoms with Gasteiger partial charge in [0.25, 0.3) is 0 Å². The molecule has 3 amide bonds. The summed E-state index contributed by atoms with van der Waals surface area (Å²) in [6, 6.07) is 12.0. The summed E-state index contributed by atoms with van der Waals surface area (Å²) in [4.78, 5) is 46.1. The molecule has 188 valence electrons. The molecule has 0 saturated carbocycles. The van der Waals surface area contributed by atoms with E-state index in [1.165, 1.54) is 0 Å². The molecule has 3 rings (SSSR count). The number of piperazine rings is 1. The Hall–Kier alpha value is -3.33. The minimum atomic E-state index is -0.936. The Morgan fingerprint density at radius 3 is 2.34 bits per heavy atom. The lowest BCUT2D eigenvalue weighted by Gasteiger charge is -2.36. The van der Waals surface area contributed by atoms with Crippen LogP contribution >= 0.6 is 11.6 Å². The van der Waals surface area contributed by atoms with E-state index in [2.05, 4.69) is 20.5 Å². The topological polar surface area (TPSA) is 104 Å². The average molecular weight is 502 g/mol. The zero-order chi connectivity index (χ0) is 25.4. The van der Waals surface area contributed by atoms with Gasteiger partial charge in [-0.1, -0.05) is 17.7 Å². The quantitative estimate of drug-likeness (QED) is 0.604. The normalized spacial score (nSPS) is 14.7. The number of alkyl carbamates (subject to hydrolysis) is 1. The number of anilines is 1. The van der Waals surface area contributed by atoms with Crippen molar-refractivity contribution in [2.45, 2.75) is 38.8 Å². The number of pyridine rings is 1. The number of hydrogen-bond donors (Lipinski definition) is 2. The molecule has 1 aliphatic rings. The molecule has 2 heterocycles. The van der Waals surface area contributed by atoms with Crippen molar-refractivity contribution < 1.29 is 19.1 Å². The molecular formula is C25H32ClN5O4. The van der Waals surface area contributed by atoms with E-state index < -0.39 is 23.6 Å². The number of amides is 3. The number of aromatic nitrogens is 1. The first-order valence-electron chi connectivity index (χ1n) is 11.6. The van der Waals surface area contributed by atoms with Gasteiger partial charge >= 0.3 is 6.09 Å². The maximum atomic E-state index is 12.9. The fraction of sp³-hybridized carbons (Fsp3) is 0.440. The average Bonchev–Trinajstić information content (AvgIpc) is 2.82. The number of benzene rings is 1. The van der Waals surface area contributed by atoms with Gasteiger partial charge in [-0.2, -0.15) is 0 Å². The first-order chi connectivity index (χ1) is 16.6. The number of nitrogens with one attached hydrogen (secondary N) is 2. The van der Waals surface area contributed by atoms with Gasteiger partial charge in [0.1, 0.15) is 11.6 Å². The van der Waals surface area contributed by atoms with Crippen LogP contribution in [-0.2, 0) is 20.7 Å². The Bertz CT molecular complexity index is 1000. The molecule has 2 aromatic rings. The summed E-state index contributed by atoms with van der Waals surface area (Å²) in [5, 5.41) is 5.94. The first kappa shape index (κ1) is 26.3. The second kappa shape index (κ2) is 11.9. The molecule has 0 unspecified atom stereocenters. The molecule has 35 heavy (non-hydrogen) atoms. The van der Waals surface area contributed by atoms with E-state index in [4.69, 9.17) is 16.3 Å². The van der Waals surface area contributed by atoms with Crippen LogP contribution in [0.15, 0.2) is 48.7 Å². The summed E-state index contributed by atoms with van der Waals surface area (Å²) >= 11 is 5.96. The number of halogens is 1.